The van der Waals surface area contributed by atoms with E-state index in [-0.39, 0.29) is 0 Å². The molecule has 7 aliphatic rings. The molecule has 7 fully saturated rings. The summed E-state index contributed by atoms with van der Waals surface area (Å²) < 4.78 is 67.1. The molecule has 35 atom stereocenters. The number of ether oxygens (including phenoxy) is 13. The van der Waals surface area contributed by atoms with E-state index in [9.17, 15) is 151 Å². The van der Waals surface area contributed by atoms with Crippen LogP contribution in [0.25, 0.3) is 0 Å². The largest absolute Gasteiger partial charge is 0.479 e. The van der Waals surface area contributed by atoms with Gasteiger partial charge in [0.2, 0.25) is 0 Å². The highest BCUT2D eigenvalue weighted by Gasteiger charge is 2.62. The maximum Gasteiger partial charge on any atom is 0.335 e. The standard InChI is InChI=1S/C42H58O43/c43-1-2(44)22(29(58)59)80-37(10(1)52)75-17-4(46)12(54)39(82-24(17)31(62)63)77-19-6(48)14(56)41(84-26(19)33(66)67)79-21-8(50)15(57)42(85-28(21)35(70)71)78-20-7(49)13(55)40(83-27(20)34(68)69)76-18-5(47)11(53)38(81-25(18)32(64)65)74-16-3(45)9(51)36(72)73-23(16)30(60)61/h1-28,36-57,72H,(H,58,59)(H,60,61)(H,62,63)(H,64,65)(H,66,67)(H,68,69)(H,70,71). The van der Waals surface area contributed by atoms with E-state index in [4.69, 9.17) is 56.8 Å². The van der Waals surface area contributed by atoms with Crippen LogP contribution in [0, 0.1) is 0 Å². The van der Waals surface area contributed by atoms with Crippen molar-refractivity contribution in [1.82, 2.24) is 0 Å². The first-order chi connectivity index (χ1) is 39.6. The van der Waals surface area contributed by atoms with Crippen LogP contribution in [0.3, 0.4) is 0 Å². The molecular formula is C42H58O43. The van der Waals surface area contributed by atoms with Gasteiger partial charge in [-0.05, 0) is 0 Å². The van der Waals surface area contributed by atoms with Crippen LogP contribution >= 0.6 is 0 Å². The van der Waals surface area contributed by atoms with E-state index >= 15 is 0 Å². The second kappa shape index (κ2) is 26.8. The van der Waals surface area contributed by atoms with Gasteiger partial charge in [-0.1, -0.05) is 0 Å². The molecule has 0 aromatic carbocycles. The molecule has 7 saturated heterocycles. The lowest BCUT2D eigenvalue weighted by Gasteiger charge is -2.48. The Hall–Kier alpha value is -4.87. The molecule has 0 spiro atoms. The summed E-state index contributed by atoms with van der Waals surface area (Å²) in [5.41, 5.74) is 0. The van der Waals surface area contributed by atoms with Crippen LogP contribution < -0.4 is 0 Å². The molecule has 7 heterocycles. The summed E-state index contributed by atoms with van der Waals surface area (Å²) in [6.07, 6.45) is -88.0. The molecule has 0 aliphatic carbocycles. The van der Waals surface area contributed by atoms with Gasteiger partial charge in [-0.3, -0.25) is 0 Å². The number of carbonyl (C=O) groups is 7. The Morgan fingerprint density at radius 2 is 0.365 bits per heavy atom. The summed E-state index contributed by atoms with van der Waals surface area (Å²) in [6.45, 7) is 0. The number of carboxylic acid groups (broad SMARTS) is 7. The zero-order chi connectivity index (χ0) is 63.4. The number of rotatable bonds is 19. The topological polar surface area (TPSA) is 705 Å². The average Bonchev–Trinajstić information content (AvgIpc) is 3.39. The fourth-order valence-electron chi connectivity index (χ4n) is 9.79. The Bertz CT molecular complexity index is 2400. The fraction of sp³-hybridized carbons (Fsp3) is 0.833. The van der Waals surface area contributed by atoms with Gasteiger partial charge in [0, 0.05) is 0 Å². The number of carboxylic acids is 7. The van der Waals surface area contributed by atoms with Crippen LogP contribution in [-0.2, 0) is 95.1 Å². The maximum atomic E-state index is 12.6. The molecule has 0 amide bonds. The third kappa shape index (κ3) is 13.4. The maximum absolute atomic E-state index is 12.6. The molecular weight excluding hydrogens is 1190 g/mol. The number of hydrogen-bond donors (Lipinski definition) is 23. The van der Waals surface area contributed by atoms with Crippen LogP contribution in [0.4, 0.5) is 0 Å². The molecule has 0 radical (unpaired) electrons. The van der Waals surface area contributed by atoms with Crippen molar-refractivity contribution in [3.05, 3.63) is 0 Å². The van der Waals surface area contributed by atoms with Crippen LogP contribution in [0.2, 0.25) is 0 Å². The molecule has 0 saturated carbocycles. The highest BCUT2D eigenvalue weighted by molar-refractivity contribution is 5.76. The molecule has 0 bridgehead atoms. The van der Waals surface area contributed by atoms with Crippen molar-refractivity contribution in [2.45, 2.75) is 215 Å². The predicted molar refractivity (Wildman–Crippen MR) is 236 cm³/mol. The number of hydrogen-bond acceptors (Lipinski definition) is 36. The van der Waals surface area contributed by atoms with E-state index in [2.05, 4.69) is 4.74 Å². The molecule has 35 unspecified atom stereocenters. The number of aliphatic carboxylic acids is 7. The normalized spacial score (nSPS) is 49.7. The summed E-state index contributed by atoms with van der Waals surface area (Å²) in [6, 6.07) is 0. The van der Waals surface area contributed by atoms with E-state index in [1.165, 1.54) is 0 Å². The van der Waals surface area contributed by atoms with Crippen molar-refractivity contribution >= 4 is 41.8 Å². The Labute approximate surface area is 469 Å². The summed E-state index contributed by atoms with van der Waals surface area (Å²) in [5.74, 6) is -14.5. The van der Waals surface area contributed by atoms with Gasteiger partial charge in [0.1, 0.15) is 128 Å². The summed E-state index contributed by atoms with van der Waals surface area (Å²) in [5, 5.41) is 241. The lowest BCUT2D eigenvalue weighted by Crippen LogP contribution is -2.69. The summed E-state index contributed by atoms with van der Waals surface area (Å²) >= 11 is 0. The monoisotopic (exact) mass is 1250 g/mol. The van der Waals surface area contributed by atoms with Gasteiger partial charge in [0.25, 0.3) is 0 Å². The lowest BCUT2D eigenvalue weighted by molar-refractivity contribution is -0.388. The Morgan fingerprint density at radius 3 is 0.565 bits per heavy atom. The lowest BCUT2D eigenvalue weighted by atomic mass is 9.94. The minimum Gasteiger partial charge on any atom is -0.479 e. The summed E-state index contributed by atoms with van der Waals surface area (Å²) in [7, 11) is 0. The molecule has 23 N–H and O–H groups in total. The van der Waals surface area contributed by atoms with Gasteiger partial charge >= 0.3 is 41.8 Å². The zero-order valence-electron chi connectivity index (χ0n) is 42.2. The fourth-order valence-corrected chi connectivity index (χ4v) is 9.79. The third-order valence-corrected chi connectivity index (χ3v) is 14.3. The molecule has 484 valence electrons. The Kier molecular flexibility index (Phi) is 21.4. The van der Waals surface area contributed by atoms with Gasteiger partial charge in [0.15, 0.2) is 86.8 Å². The molecule has 7 rings (SSSR count). The van der Waals surface area contributed by atoms with Gasteiger partial charge in [-0.25, -0.2) is 33.6 Å². The average molecular weight is 1250 g/mol. The molecule has 0 aromatic rings. The van der Waals surface area contributed by atoms with Gasteiger partial charge in [-0.15, -0.1) is 0 Å². The number of aliphatic hydroxyl groups is 16. The first kappa shape index (κ1) is 67.6. The van der Waals surface area contributed by atoms with Gasteiger partial charge in [-0.2, -0.15) is 0 Å². The smallest absolute Gasteiger partial charge is 0.335 e. The van der Waals surface area contributed by atoms with Crippen molar-refractivity contribution in [3.63, 3.8) is 0 Å². The minimum absolute atomic E-state index is 1.91. The molecule has 7 aliphatic heterocycles. The summed E-state index contributed by atoms with van der Waals surface area (Å²) in [4.78, 5) is 85.8. The highest BCUT2D eigenvalue weighted by Crippen LogP contribution is 2.38. The van der Waals surface area contributed by atoms with E-state index in [1.54, 1.807) is 0 Å². The van der Waals surface area contributed by atoms with Crippen molar-refractivity contribution in [2.24, 2.45) is 0 Å². The number of aliphatic hydroxyl groups excluding tert-OH is 16. The van der Waals surface area contributed by atoms with Crippen molar-refractivity contribution in [3.8, 4) is 0 Å². The molecule has 0 aromatic heterocycles. The van der Waals surface area contributed by atoms with Crippen LogP contribution in [0.5, 0.6) is 0 Å². The van der Waals surface area contributed by atoms with Crippen molar-refractivity contribution < 1.29 is 213 Å². The van der Waals surface area contributed by atoms with Gasteiger partial charge in [0.05, 0.1) is 0 Å². The quantitative estimate of drug-likeness (QED) is 0.0571. The van der Waals surface area contributed by atoms with E-state index < -0.39 is 257 Å². The van der Waals surface area contributed by atoms with E-state index in [0.29, 0.717) is 0 Å². The predicted octanol–water partition coefficient (Wildman–Crippen LogP) is -15.6. The third-order valence-electron chi connectivity index (χ3n) is 14.3. The Morgan fingerprint density at radius 1 is 0.200 bits per heavy atom. The second-order valence-corrected chi connectivity index (χ2v) is 19.8. The zero-order valence-corrected chi connectivity index (χ0v) is 42.2. The van der Waals surface area contributed by atoms with E-state index in [1.807, 2.05) is 0 Å². The second-order valence-electron chi connectivity index (χ2n) is 19.8. The van der Waals surface area contributed by atoms with Crippen LogP contribution in [0.1, 0.15) is 0 Å². The SMILES string of the molecule is O=C(O)C1OC(OC2C(C(=O)O)OC(OC3C(C(=O)O)OC(OC4C(C(=O)O)OC(OC5C(C(=O)O)OC(OC6C(C(=O)O)OC(OC7C(C(=O)O)OC(O)C(O)C7O)C(O)C6O)C(O)C5O)C(O)C4O)C(O)C3O)C(O)C2O)C(O)C(O)C1O. The molecule has 85 heavy (non-hydrogen) atoms. The highest BCUT2D eigenvalue weighted by atomic mass is 16.8. The van der Waals surface area contributed by atoms with Crippen LogP contribution in [-0.4, -0.2) is 374 Å². The van der Waals surface area contributed by atoms with Crippen LogP contribution in [0.15, 0.2) is 0 Å². The minimum atomic E-state index is -2.71. The van der Waals surface area contributed by atoms with Crippen molar-refractivity contribution in [1.29, 1.82) is 0 Å². The first-order valence-electron chi connectivity index (χ1n) is 24.6. The first-order valence-corrected chi connectivity index (χ1v) is 24.6. The van der Waals surface area contributed by atoms with E-state index in [0.717, 1.165) is 0 Å². The molecule has 43 heteroatoms. The molecule has 43 nitrogen and oxygen atoms in total. The Balaban J connectivity index is 1.01. The van der Waals surface area contributed by atoms with Crippen molar-refractivity contribution in [2.75, 3.05) is 0 Å². The van der Waals surface area contributed by atoms with Gasteiger partial charge < -0.3 is 179 Å².